The van der Waals surface area contributed by atoms with E-state index >= 15 is 0 Å². The largest absolute Gasteiger partial charge is 0.378 e. The lowest BCUT2D eigenvalue weighted by Gasteiger charge is -2.23. The van der Waals surface area contributed by atoms with Crippen molar-refractivity contribution in [2.24, 2.45) is 5.92 Å². The van der Waals surface area contributed by atoms with Crippen molar-refractivity contribution >= 4 is 0 Å². The second-order valence-electron chi connectivity index (χ2n) is 5.26. The Kier molecular flexibility index (Phi) is 7.06. The fraction of sp³-hybridized carbons (Fsp3) is 1.00. The van der Waals surface area contributed by atoms with Gasteiger partial charge in [0.05, 0.1) is 6.10 Å². The minimum Gasteiger partial charge on any atom is -0.378 e. The SMILES string of the molecule is CCC(C)C(C)NCCCC1CCCCO1. The average Bonchev–Trinajstić information content (AvgIpc) is 2.34. The predicted octanol–water partition coefficient (Wildman–Crippen LogP) is 3.36. The molecule has 0 bridgehead atoms. The molecule has 1 heterocycles. The summed E-state index contributed by atoms with van der Waals surface area (Å²) in [6.07, 6.45) is 8.21. The highest BCUT2D eigenvalue weighted by atomic mass is 16.5. The number of nitrogens with one attached hydrogen (secondary N) is 1. The molecule has 3 unspecified atom stereocenters. The van der Waals surface area contributed by atoms with Gasteiger partial charge < -0.3 is 10.1 Å². The van der Waals surface area contributed by atoms with E-state index in [1.165, 1.54) is 38.5 Å². The number of ether oxygens (including phenoxy) is 1. The van der Waals surface area contributed by atoms with E-state index in [2.05, 4.69) is 26.1 Å². The molecular weight excluding hydrogens is 198 g/mol. The highest BCUT2D eigenvalue weighted by Crippen LogP contribution is 2.16. The van der Waals surface area contributed by atoms with Crippen molar-refractivity contribution in [3.63, 3.8) is 0 Å². The van der Waals surface area contributed by atoms with Crippen molar-refractivity contribution in [1.82, 2.24) is 5.32 Å². The van der Waals surface area contributed by atoms with Crippen LogP contribution in [0.1, 0.15) is 59.3 Å². The Bertz CT molecular complexity index is 162. The zero-order chi connectivity index (χ0) is 11.8. The zero-order valence-electron chi connectivity index (χ0n) is 11.3. The van der Waals surface area contributed by atoms with Gasteiger partial charge in [-0.15, -0.1) is 0 Å². The molecule has 0 saturated carbocycles. The van der Waals surface area contributed by atoms with Crippen LogP contribution in [0.25, 0.3) is 0 Å². The summed E-state index contributed by atoms with van der Waals surface area (Å²) >= 11 is 0. The van der Waals surface area contributed by atoms with Crippen LogP contribution in [0, 0.1) is 5.92 Å². The molecule has 0 spiro atoms. The monoisotopic (exact) mass is 227 g/mol. The third-order valence-electron chi connectivity index (χ3n) is 3.94. The maximum Gasteiger partial charge on any atom is 0.0575 e. The van der Waals surface area contributed by atoms with Gasteiger partial charge in [-0.2, -0.15) is 0 Å². The summed E-state index contributed by atoms with van der Waals surface area (Å²) in [7, 11) is 0. The number of rotatable bonds is 7. The first kappa shape index (κ1) is 14.0. The summed E-state index contributed by atoms with van der Waals surface area (Å²) in [6.45, 7) is 9.01. The van der Waals surface area contributed by atoms with Crippen LogP contribution in [-0.2, 0) is 4.74 Å². The molecule has 0 aromatic rings. The Hall–Kier alpha value is -0.0800. The molecule has 0 aromatic heterocycles. The molecular formula is C14H29NO. The van der Waals surface area contributed by atoms with Crippen molar-refractivity contribution < 1.29 is 4.74 Å². The lowest BCUT2D eigenvalue weighted by molar-refractivity contribution is 0.0101. The summed E-state index contributed by atoms with van der Waals surface area (Å²) in [5.41, 5.74) is 0. The molecule has 0 aromatic carbocycles. The zero-order valence-corrected chi connectivity index (χ0v) is 11.3. The Morgan fingerprint density at radius 2 is 2.12 bits per heavy atom. The summed E-state index contributed by atoms with van der Waals surface area (Å²) in [4.78, 5) is 0. The molecule has 2 nitrogen and oxygen atoms in total. The molecule has 96 valence electrons. The third kappa shape index (κ3) is 5.31. The van der Waals surface area contributed by atoms with Crippen LogP contribution in [0.4, 0.5) is 0 Å². The molecule has 1 aliphatic rings. The van der Waals surface area contributed by atoms with Gasteiger partial charge in [0, 0.05) is 12.6 Å². The van der Waals surface area contributed by atoms with E-state index in [1.54, 1.807) is 0 Å². The molecule has 1 aliphatic heterocycles. The number of hydrogen-bond acceptors (Lipinski definition) is 2. The van der Waals surface area contributed by atoms with Crippen LogP contribution in [-0.4, -0.2) is 25.3 Å². The van der Waals surface area contributed by atoms with Crippen molar-refractivity contribution in [3.8, 4) is 0 Å². The number of hydrogen-bond donors (Lipinski definition) is 1. The Labute approximate surface area is 101 Å². The summed E-state index contributed by atoms with van der Waals surface area (Å²) in [5.74, 6) is 0.783. The average molecular weight is 227 g/mol. The Morgan fingerprint density at radius 1 is 1.31 bits per heavy atom. The minimum atomic E-state index is 0.550. The van der Waals surface area contributed by atoms with Crippen molar-refractivity contribution in [1.29, 1.82) is 0 Å². The summed E-state index contributed by atoms with van der Waals surface area (Å²) in [6, 6.07) is 0.650. The maximum atomic E-state index is 5.73. The highest BCUT2D eigenvalue weighted by Gasteiger charge is 2.13. The normalized spacial score (nSPS) is 25.3. The van der Waals surface area contributed by atoms with Crippen LogP contribution in [0.2, 0.25) is 0 Å². The molecule has 3 atom stereocenters. The molecule has 1 saturated heterocycles. The van der Waals surface area contributed by atoms with Gasteiger partial charge in [-0.1, -0.05) is 20.3 Å². The van der Waals surface area contributed by atoms with Crippen LogP contribution in [0.15, 0.2) is 0 Å². The molecule has 2 heteroatoms. The lowest BCUT2D eigenvalue weighted by Crippen LogP contribution is -2.33. The van der Waals surface area contributed by atoms with E-state index in [9.17, 15) is 0 Å². The van der Waals surface area contributed by atoms with E-state index in [4.69, 9.17) is 4.74 Å². The van der Waals surface area contributed by atoms with Gasteiger partial charge in [-0.25, -0.2) is 0 Å². The highest BCUT2D eigenvalue weighted by molar-refractivity contribution is 4.68. The van der Waals surface area contributed by atoms with E-state index in [0.29, 0.717) is 12.1 Å². The molecule has 1 fully saturated rings. The Balaban J connectivity index is 1.98. The van der Waals surface area contributed by atoms with Crippen molar-refractivity contribution in [2.45, 2.75) is 71.4 Å². The summed E-state index contributed by atoms with van der Waals surface area (Å²) in [5, 5.41) is 3.62. The first-order valence-corrected chi connectivity index (χ1v) is 7.09. The second kappa shape index (κ2) is 8.08. The topological polar surface area (TPSA) is 21.3 Å². The van der Waals surface area contributed by atoms with Crippen LogP contribution < -0.4 is 5.32 Å². The van der Waals surface area contributed by atoms with Crippen molar-refractivity contribution in [2.75, 3.05) is 13.2 Å². The van der Waals surface area contributed by atoms with Gasteiger partial charge >= 0.3 is 0 Å². The molecule has 0 amide bonds. The molecule has 1 rings (SSSR count). The quantitative estimate of drug-likeness (QED) is 0.673. The van der Waals surface area contributed by atoms with Gasteiger partial charge in [0.2, 0.25) is 0 Å². The standard InChI is InChI=1S/C14H29NO/c1-4-12(2)13(3)15-10-7-9-14-8-5-6-11-16-14/h12-15H,4-11H2,1-3H3. The lowest BCUT2D eigenvalue weighted by atomic mass is 10.0. The summed E-state index contributed by atoms with van der Waals surface area (Å²) < 4.78 is 5.73. The third-order valence-corrected chi connectivity index (χ3v) is 3.94. The fourth-order valence-corrected chi connectivity index (χ4v) is 2.25. The van der Waals surface area contributed by atoms with E-state index in [0.717, 1.165) is 19.1 Å². The predicted molar refractivity (Wildman–Crippen MR) is 69.7 cm³/mol. The first-order chi connectivity index (χ1) is 7.74. The van der Waals surface area contributed by atoms with E-state index < -0.39 is 0 Å². The van der Waals surface area contributed by atoms with Gasteiger partial charge in [0.1, 0.15) is 0 Å². The fourth-order valence-electron chi connectivity index (χ4n) is 2.25. The Morgan fingerprint density at radius 3 is 2.75 bits per heavy atom. The first-order valence-electron chi connectivity index (χ1n) is 7.09. The van der Waals surface area contributed by atoms with E-state index in [1.807, 2.05) is 0 Å². The van der Waals surface area contributed by atoms with Gasteiger partial charge in [-0.05, 0) is 51.5 Å². The van der Waals surface area contributed by atoms with Crippen LogP contribution in [0.5, 0.6) is 0 Å². The van der Waals surface area contributed by atoms with Gasteiger partial charge in [0.15, 0.2) is 0 Å². The van der Waals surface area contributed by atoms with Crippen LogP contribution in [0.3, 0.4) is 0 Å². The second-order valence-corrected chi connectivity index (χ2v) is 5.26. The smallest absolute Gasteiger partial charge is 0.0575 e. The molecule has 1 N–H and O–H groups in total. The van der Waals surface area contributed by atoms with Crippen LogP contribution >= 0.6 is 0 Å². The molecule has 16 heavy (non-hydrogen) atoms. The maximum absolute atomic E-state index is 5.73. The molecule has 0 radical (unpaired) electrons. The molecule has 0 aliphatic carbocycles. The van der Waals surface area contributed by atoms with Gasteiger partial charge in [-0.3, -0.25) is 0 Å². The van der Waals surface area contributed by atoms with Gasteiger partial charge in [0.25, 0.3) is 0 Å². The van der Waals surface area contributed by atoms with E-state index in [-0.39, 0.29) is 0 Å². The minimum absolute atomic E-state index is 0.550. The van der Waals surface area contributed by atoms with Crippen molar-refractivity contribution in [3.05, 3.63) is 0 Å².